The van der Waals surface area contributed by atoms with Crippen LogP contribution < -0.4 is 4.74 Å². The molecule has 0 amide bonds. The van der Waals surface area contributed by atoms with E-state index >= 15 is 0 Å². The van der Waals surface area contributed by atoms with Gasteiger partial charge in [0.1, 0.15) is 11.3 Å². The maximum atomic E-state index is 11.5. The van der Waals surface area contributed by atoms with Crippen LogP contribution in [0.5, 0.6) is 5.75 Å². The molecule has 0 spiro atoms. The summed E-state index contributed by atoms with van der Waals surface area (Å²) in [7, 11) is 0. The Morgan fingerprint density at radius 3 is 2.88 bits per heavy atom. The van der Waals surface area contributed by atoms with Crippen molar-refractivity contribution in [1.82, 2.24) is 0 Å². The Kier molecular flexibility index (Phi) is 5.17. The molecule has 3 nitrogen and oxygen atoms in total. The summed E-state index contributed by atoms with van der Waals surface area (Å²) < 4.78 is 5.24. The SMILES string of the molecule is CCC(=O)Oc1ccc(C2(CCc3cccs3)C=CC=N2)cc1Cl. The van der Waals surface area contributed by atoms with Crippen LogP contribution >= 0.6 is 22.9 Å². The molecule has 124 valence electrons. The summed E-state index contributed by atoms with van der Waals surface area (Å²) in [4.78, 5) is 17.5. The molecule has 5 heteroatoms. The molecule has 1 unspecified atom stereocenters. The second kappa shape index (κ2) is 7.32. The molecule has 0 fully saturated rings. The van der Waals surface area contributed by atoms with E-state index in [-0.39, 0.29) is 5.97 Å². The first-order chi connectivity index (χ1) is 11.6. The molecule has 1 aromatic heterocycles. The first kappa shape index (κ1) is 16.9. The van der Waals surface area contributed by atoms with Crippen LogP contribution in [0, 0.1) is 0 Å². The van der Waals surface area contributed by atoms with Gasteiger partial charge < -0.3 is 4.74 Å². The summed E-state index contributed by atoms with van der Waals surface area (Å²) in [6, 6.07) is 9.74. The lowest BCUT2D eigenvalue weighted by Gasteiger charge is -2.25. The first-order valence-corrected chi connectivity index (χ1v) is 9.15. The van der Waals surface area contributed by atoms with Gasteiger partial charge in [0.05, 0.1) is 5.02 Å². The maximum absolute atomic E-state index is 11.5. The molecule has 1 aliphatic rings. The normalized spacial score (nSPS) is 18.9. The van der Waals surface area contributed by atoms with Crippen molar-refractivity contribution in [1.29, 1.82) is 0 Å². The lowest BCUT2D eigenvalue weighted by atomic mass is 9.86. The summed E-state index contributed by atoms with van der Waals surface area (Å²) >= 11 is 8.08. The van der Waals surface area contributed by atoms with Gasteiger partial charge >= 0.3 is 5.97 Å². The van der Waals surface area contributed by atoms with Gasteiger partial charge in [-0.15, -0.1) is 11.3 Å². The van der Waals surface area contributed by atoms with Gasteiger partial charge in [0.2, 0.25) is 0 Å². The highest BCUT2D eigenvalue weighted by molar-refractivity contribution is 7.09. The van der Waals surface area contributed by atoms with E-state index in [2.05, 4.69) is 28.6 Å². The molecule has 0 aliphatic carbocycles. The Labute approximate surface area is 150 Å². The predicted molar refractivity (Wildman–Crippen MR) is 99.3 cm³/mol. The average molecular weight is 360 g/mol. The van der Waals surface area contributed by atoms with Crippen LogP contribution in [0.2, 0.25) is 5.02 Å². The Morgan fingerprint density at radius 2 is 2.25 bits per heavy atom. The number of esters is 1. The van der Waals surface area contributed by atoms with Gasteiger partial charge in [-0.25, -0.2) is 0 Å². The minimum atomic E-state index is -0.402. The van der Waals surface area contributed by atoms with Gasteiger partial charge in [-0.2, -0.15) is 0 Å². The monoisotopic (exact) mass is 359 g/mol. The molecule has 1 atom stereocenters. The van der Waals surface area contributed by atoms with Crippen LogP contribution in [0.25, 0.3) is 0 Å². The van der Waals surface area contributed by atoms with Crippen molar-refractivity contribution in [2.24, 2.45) is 4.99 Å². The molecule has 0 saturated heterocycles. The van der Waals surface area contributed by atoms with E-state index in [9.17, 15) is 4.79 Å². The van der Waals surface area contributed by atoms with Crippen LogP contribution in [0.4, 0.5) is 0 Å². The molecule has 0 radical (unpaired) electrons. The highest BCUT2D eigenvalue weighted by atomic mass is 35.5. The van der Waals surface area contributed by atoms with Gasteiger partial charge in [-0.05, 0) is 48.1 Å². The van der Waals surface area contributed by atoms with Crippen molar-refractivity contribution in [3.63, 3.8) is 0 Å². The number of hydrogen-bond acceptors (Lipinski definition) is 4. The van der Waals surface area contributed by atoms with Crippen molar-refractivity contribution < 1.29 is 9.53 Å². The van der Waals surface area contributed by atoms with E-state index in [1.807, 2.05) is 24.4 Å². The van der Waals surface area contributed by atoms with Gasteiger partial charge in [-0.1, -0.05) is 36.7 Å². The third-order valence-electron chi connectivity index (χ3n) is 4.04. The molecule has 1 aliphatic heterocycles. The third-order valence-corrected chi connectivity index (χ3v) is 5.27. The molecular weight excluding hydrogens is 342 g/mol. The maximum Gasteiger partial charge on any atom is 0.310 e. The highest BCUT2D eigenvalue weighted by Gasteiger charge is 2.30. The average Bonchev–Trinajstić information content (AvgIpc) is 3.26. The van der Waals surface area contributed by atoms with Gasteiger partial charge in [0, 0.05) is 17.5 Å². The molecule has 3 rings (SSSR count). The molecular formula is C19H18ClNO2S. The van der Waals surface area contributed by atoms with E-state index < -0.39 is 5.54 Å². The molecule has 24 heavy (non-hydrogen) atoms. The number of nitrogens with zero attached hydrogens (tertiary/aromatic N) is 1. The predicted octanol–water partition coefficient (Wildman–Crippen LogP) is 5.19. The number of aryl methyl sites for hydroxylation is 1. The number of allylic oxidation sites excluding steroid dienone is 1. The number of carbonyl (C=O) groups is 1. The topological polar surface area (TPSA) is 38.7 Å². The number of carbonyl (C=O) groups excluding carboxylic acids is 1. The van der Waals surface area contributed by atoms with Crippen molar-refractivity contribution >= 4 is 35.1 Å². The molecule has 2 heterocycles. The standard InChI is InChI=1S/C19H18ClNO2S/c1-2-18(22)23-17-7-6-14(13-16(17)20)19(9-4-11-21-19)10-8-15-5-3-12-24-15/h3-7,9,11-13H,2,8,10H2,1H3. The zero-order chi connectivity index (χ0) is 17.0. The molecule has 0 N–H and O–H groups in total. The Bertz CT molecular complexity index is 769. The van der Waals surface area contributed by atoms with E-state index in [4.69, 9.17) is 16.3 Å². The zero-order valence-electron chi connectivity index (χ0n) is 13.4. The van der Waals surface area contributed by atoms with Crippen LogP contribution in [0.1, 0.15) is 30.2 Å². The second-order valence-corrected chi connectivity index (χ2v) is 7.05. The minimum absolute atomic E-state index is 0.296. The fourth-order valence-corrected chi connectivity index (χ4v) is 3.63. The van der Waals surface area contributed by atoms with Crippen molar-refractivity contribution in [3.05, 3.63) is 63.3 Å². The summed E-state index contributed by atoms with van der Waals surface area (Å²) in [5, 5.41) is 2.52. The Hall–Kier alpha value is -1.91. The van der Waals surface area contributed by atoms with E-state index in [1.54, 1.807) is 24.3 Å². The number of thiophene rings is 1. The largest absolute Gasteiger partial charge is 0.425 e. The summed E-state index contributed by atoms with van der Waals surface area (Å²) in [5.41, 5.74) is 0.603. The van der Waals surface area contributed by atoms with Crippen LogP contribution in [-0.4, -0.2) is 12.2 Å². The zero-order valence-corrected chi connectivity index (χ0v) is 14.9. The van der Waals surface area contributed by atoms with Crippen LogP contribution in [0.3, 0.4) is 0 Å². The fourth-order valence-electron chi connectivity index (χ4n) is 2.70. The number of ether oxygens (including phenoxy) is 1. The lowest BCUT2D eigenvalue weighted by Crippen LogP contribution is -2.20. The Morgan fingerprint density at radius 1 is 1.38 bits per heavy atom. The van der Waals surface area contributed by atoms with Gasteiger partial charge in [0.15, 0.2) is 0 Å². The van der Waals surface area contributed by atoms with E-state index in [0.717, 1.165) is 18.4 Å². The second-order valence-electron chi connectivity index (χ2n) is 5.61. The lowest BCUT2D eigenvalue weighted by molar-refractivity contribution is -0.134. The quantitative estimate of drug-likeness (QED) is 0.526. The van der Waals surface area contributed by atoms with Crippen LogP contribution in [0.15, 0.2) is 52.9 Å². The van der Waals surface area contributed by atoms with Crippen molar-refractivity contribution in [2.45, 2.75) is 31.7 Å². The summed E-state index contributed by atoms with van der Waals surface area (Å²) in [5.74, 6) is 0.0995. The highest BCUT2D eigenvalue weighted by Crippen LogP contribution is 2.38. The van der Waals surface area contributed by atoms with Crippen LogP contribution in [-0.2, 0) is 16.8 Å². The van der Waals surface area contributed by atoms with Crippen molar-refractivity contribution in [3.8, 4) is 5.75 Å². The first-order valence-electron chi connectivity index (χ1n) is 7.89. The molecule has 1 aromatic carbocycles. The Balaban J connectivity index is 1.84. The van der Waals surface area contributed by atoms with Crippen molar-refractivity contribution in [2.75, 3.05) is 0 Å². The number of benzene rings is 1. The number of rotatable bonds is 6. The number of halogens is 1. The molecule has 0 bridgehead atoms. The fraction of sp³-hybridized carbons (Fsp3) is 0.263. The minimum Gasteiger partial charge on any atom is -0.425 e. The molecule has 0 saturated carbocycles. The number of aliphatic imine (C=N–C) groups is 1. The summed E-state index contributed by atoms with van der Waals surface area (Å²) in [6.07, 6.45) is 8.02. The summed E-state index contributed by atoms with van der Waals surface area (Å²) in [6.45, 7) is 1.75. The third kappa shape index (κ3) is 3.60. The van der Waals surface area contributed by atoms with E-state index in [0.29, 0.717) is 17.2 Å². The van der Waals surface area contributed by atoms with Gasteiger partial charge in [0.25, 0.3) is 0 Å². The number of hydrogen-bond donors (Lipinski definition) is 0. The van der Waals surface area contributed by atoms with E-state index in [1.165, 1.54) is 4.88 Å². The molecule has 2 aromatic rings. The smallest absolute Gasteiger partial charge is 0.310 e. The van der Waals surface area contributed by atoms with Gasteiger partial charge in [-0.3, -0.25) is 9.79 Å².